The molecule has 0 aromatic heterocycles. The van der Waals surface area contributed by atoms with Crippen LogP contribution in [0.4, 0.5) is 21.5 Å². The fourth-order valence-corrected chi connectivity index (χ4v) is 3.68. The first-order valence-electron chi connectivity index (χ1n) is 9.63. The number of thioether (sulfide) groups is 1. The molecule has 1 atom stereocenters. The smallest absolute Gasteiger partial charge is 0.271 e. The Morgan fingerprint density at radius 1 is 1.03 bits per heavy atom. The number of carbonyl (C=O) groups is 2. The Kier molecular flexibility index (Phi) is 7.21. The average Bonchev–Trinajstić information content (AvgIpc) is 2.76. The molecule has 32 heavy (non-hydrogen) atoms. The van der Waals surface area contributed by atoms with Crippen molar-refractivity contribution in [3.05, 3.63) is 93.8 Å². The van der Waals surface area contributed by atoms with E-state index < -0.39 is 21.9 Å². The van der Waals surface area contributed by atoms with E-state index in [0.717, 1.165) is 10.5 Å². The van der Waals surface area contributed by atoms with E-state index >= 15 is 0 Å². The van der Waals surface area contributed by atoms with Crippen LogP contribution in [0.3, 0.4) is 0 Å². The summed E-state index contributed by atoms with van der Waals surface area (Å²) in [6, 6.07) is 16.8. The highest BCUT2D eigenvalue weighted by atomic mass is 32.2. The second-order valence-corrected chi connectivity index (χ2v) is 8.38. The van der Waals surface area contributed by atoms with Crippen molar-refractivity contribution in [1.29, 1.82) is 0 Å². The Morgan fingerprint density at radius 3 is 2.38 bits per heavy atom. The molecular weight excluding hydrogens is 433 g/mol. The van der Waals surface area contributed by atoms with Crippen molar-refractivity contribution >= 4 is 40.6 Å². The first-order valence-corrected chi connectivity index (χ1v) is 10.5. The van der Waals surface area contributed by atoms with Crippen molar-refractivity contribution in [2.24, 2.45) is 0 Å². The number of nitrogens with zero attached hydrogens (tertiary/aromatic N) is 1. The van der Waals surface area contributed by atoms with Crippen LogP contribution in [0.15, 0.2) is 71.6 Å². The van der Waals surface area contributed by atoms with Crippen LogP contribution in [-0.2, 0) is 4.79 Å². The van der Waals surface area contributed by atoms with Crippen molar-refractivity contribution in [2.75, 3.05) is 10.6 Å². The van der Waals surface area contributed by atoms with Crippen molar-refractivity contribution in [3.63, 3.8) is 0 Å². The van der Waals surface area contributed by atoms with Crippen molar-refractivity contribution in [2.45, 2.75) is 24.0 Å². The van der Waals surface area contributed by atoms with Gasteiger partial charge < -0.3 is 10.6 Å². The molecule has 7 nitrogen and oxygen atoms in total. The van der Waals surface area contributed by atoms with Crippen LogP contribution >= 0.6 is 11.8 Å². The highest BCUT2D eigenvalue weighted by molar-refractivity contribution is 8.00. The SMILES string of the molecule is Cc1ccc([N+](=O)[O-])cc1NC(=O)C(C)Sc1ccc(NC(=O)c2ccccc2F)cc1. The summed E-state index contributed by atoms with van der Waals surface area (Å²) in [4.78, 5) is 36.0. The lowest BCUT2D eigenvalue weighted by Gasteiger charge is -2.14. The summed E-state index contributed by atoms with van der Waals surface area (Å²) in [5, 5.41) is 15.8. The number of aryl methyl sites for hydroxylation is 1. The molecule has 3 aromatic rings. The fourth-order valence-electron chi connectivity index (χ4n) is 2.81. The first kappa shape index (κ1) is 23.0. The number of anilines is 2. The Balaban J connectivity index is 1.61. The molecule has 164 valence electrons. The number of rotatable bonds is 7. The molecule has 0 saturated carbocycles. The molecule has 9 heteroatoms. The number of non-ortho nitro benzene ring substituents is 1. The molecule has 0 radical (unpaired) electrons. The summed E-state index contributed by atoms with van der Waals surface area (Å²) in [5.41, 5.74) is 1.46. The summed E-state index contributed by atoms with van der Waals surface area (Å²) >= 11 is 1.30. The molecule has 0 fully saturated rings. The molecule has 0 bridgehead atoms. The Morgan fingerprint density at radius 2 is 1.72 bits per heavy atom. The van der Waals surface area contributed by atoms with Gasteiger partial charge in [-0.3, -0.25) is 19.7 Å². The van der Waals surface area contributed by atoms with E-state index in [-0.39, 0.29) is 17.2 Å². The Hall–Kier alpha value is -3.72. The van der Waals surface area contributed by atoms with E-state index in [9.17, 15) is 24.1 Å². The molecule has 1 unspecified atom stereocenters. The lowest BCUT2D eigenvalue weighted by atomic mass is 10.2. The normalized spacial score (nSPS) is 11.5. The number of hydrogen-bond donors (Lipinski definition) is 2. The molecule has 3 rings (SSSR count). The standard InChI is InChI=1S/C23H20FN3O4S/c1-14-7-10-17(27(30)31)13-21(14)26-22(28)15(2)32-18-11-8-16(9-12-18)25-23(29)19-5-3-4-6-20(19)24/h3-13,15H,1-2H3,(H,25,29)(H,26,28). The molecule has 0 heterocycles. The first-order chi connectivity index (χ1) is 15.2. The highest BCUT2D eigenvalue weighted by Crippen LogP contribution is 2.27. The van der Waals surface area contributed by atoms with Crippen LogP contribution in [0.1, 0.15) is 22.8 Å². The second kappa shape index (κ2) is 10.1. The third-order valence-corrected chi connectivity index (χ3v) is 5.71. The number of benzene rings is 3. The topological polar surface area (TPSA) is 101 Å². The van der Waals surface area contributed by atoms with E-state index in [1.165, 1.54) is 42.1 Å². The van der Waals surface area contributed by atoms with Gasteiger partial charge >= 0.3 is 0 Å². The van der Waals surface area contributed by atoms with E-state index in [1.54, 1.807) is 50.2 Å². The molecule has 0 aliphatic rings. The van der Waals surface area contributed by atoms with E-state index in [2.05, 4.69) is 10.6 Å². The lowest BCUT2D eigenvalue weighted by molar-refractivity contribution is -0.384. The van der Waals surface area contributed by atoms with E-state index in [1.807, 2.05) is 0 Å². The largest absolute Gasteiger partial charge is 0.325 e. The molecule has 2 amide bonds. The zero-order valence-corrected chi connectivity index (χ0v) is 18.1. The van der Waals surface area contributed by atoms with Gasteiger partial charge in [-0.15, -0.1) is 11.8 Å². The average molecular weight is 453 g/mol. The molecule has 2 N–H and O–H groups in total. The fraction of sp³-hybridized carbons (Fsp3) is 0.130. The third kappa shape index (κ3) is 5.70. The van der Waals surface area contributed by atoms with Gasteiger partial charge in [-0.25, -0.2) is 4.39 Å². The summed E-state index contributed by atoms with van der Waals surface area (Å²) in [5.74, 6) is -1.45. The van der Waals surface area contributed by atoms with Crippen LogP contribution in [0, 0.1) is 22.9 Å². The van der Waals surface area contributed by atoms with Gasteiger partial charge in [0.05, 0.1) is 21.4 Å². The van der Waals surface area contributed by atoms with Crippen molar-refractivity contribution in [1.82, 2.24) is 0 Å². The molecule has 0 aliphatic heterocycles. The monoisotopic (exact) mass is 453 g/mol. The maximum absolute atomic E-state index is 13.7. The van der Waals surface area contributed by atoms with Gasteiger partial charge in [0.15, 0.2) is 0 Å². The third-order valence-electron chi connectivity index (χ3n) is 4.60. The maximum Gasteiger partial charge on any atom is 0.271 e. The van der Waals surface area contributed by atoms with Gasteiger partial charge in [0.25, 0.3) is 11.6 Å². The van der Waals surface area contributed by atoms with Crippen LogP contribution in [0.2, 0.25) is 0 Å². The molecular formula is C23H20FN3O4S. The lowest BCUT2D eigenvalue weighted by Crippen LogP contribution is -2.22. The van der Waals surface area contributed by atoms with Gasteiger partial charge in [0, 0.05) is 22.7 Å². The quantitative estimate of drug-likeness (QED) is 0.283. The number of nitro benzene ring substituents is 1. The zero-order valence-electron chi connectivity index (χ0n) is 17.3. The van der Waals surface area contributed by atoms with Crippen LogP contribution in [0.5, 0.6) is 0 Å². The molecule has 0 aliphatic carbocycles. The van der Waals surface area contributed by atoms with Gasteiger partial charge in [0.2, 0.25) is 5.91 Å². The maximum atomic E-state index is 13.7. The zero-order chi connectivity index (χ0) is 23.3. The molecule has 0 saturated heterocycles. The Labute approximate surface area is 188 Å². The number of nitro groups is 1. The van der Waals surface area contributed by atoms with Crippen LogP contribution < -0.4 is 10.6 Å². The predicted octanol–water partition coefficient (Wildman–Crippen LogP) is 5.41. The highest BCUT2D eigenvalue weighted by Gasteiger charge is 2.17. The number of hydrogen-bond acceptors (Lipinski definition) is 5. The van der Waals surface area contributed by atoms with Gasteiger partial charge in [-0.2, -0.15) is 0 Å². The summed E-state index contributed by atoms with van der Waals surface area (Å²) in [7, 11) is 0. The van der Waals surface area contributed by atoms with Crippen LogP contribution in [-0.4, -0.2) is 22.0 Å². The molecule has 0 spiro atoms. The predicted molar refractivity (Wildman–Crippen MR) is 123 cm³/mol. The van der Waals surface area contributed by atoms with E-state index in [0.29, 0.717) is 11.4 Å². The number of carbonyl (C=O) groups excluding carboxylic acids is 2. The van der Waals surface area contributed by atoms with Crippen molar-refractivity contribution < 1.29 is 18.9 Å². The van der Waals surface area contributed by atoms with Gasteiger partial charge in [-0.05, 0) is 55.8 Å². The van der Waals surface area contributed by atoms with Crippen LogP contribution in [0.25, 0.3) is 0 Å². The van der Waals surface area contributed by atoms with E-state index in [4.69, 9.17) is 0 Å². The second-order valence-electron chi connectivity index (χ2n) is 6.96. The molecule has 3 aromatic carbocycles. The number of amides is 2. The minimum Gasteiger partial charge on any atom is -0.325 e. The summed E-state index contributed by atoms with van der Waals surface area (Å²) in [6.07, 6.45) is 0. The number of nitrogens with one attached hydrogen (secondary N) is 2. The van der Waals surface area contributed by atoms with Gasteiger partial charge in [-0.1, -0.05) is 18.2 Å². The summed E-state index contributed by atoms with van der Waals surface area (Å²) in [6.45, 7) is 3.48. The Bertz CT molecular complexity index is 1170. The minimum atomic E-state index is -0.601. The van der Waals surface area contributed by atoms with Gasteiger partial charge in [0.1, 0.15) is 5.82 Å². The van der Waals surface area contributed by atoms with Crippen molar-refractivity contribution in [3.8, 4) is 0 Å². The minimum absolute atomic E-state index is 0.0484. The number of halogens is 1. The summed E-state index contributed by atoms with van der Waals surface area (Å²) < 4.78 is 13.7.